The molecule has 0 atom stereocenters. The molecule has 1 rings (SSSR count). The van der Waals surface area contributed by atoms with Crippen LogP contribution in [0.25, 0.3) is 0 Å². The quantitative estimate of drug-likeness (QED) is 0.604. The Hall–Kier alpha value is -1.16. The number of carbonyl (C=O) groups excluding carboxylic acids is 1. The van der Waals surface area contributed by atoms with E-state index in [1.165, 1.54) is 0 Å². The molecule has 0 bridgehead atoms. The van der Waals surface area contributed by atoms with E-state index in [1.807, 2.05) is 34.9 Å². The van der Waals surface area contributed by atoms with Crippen molar-refractivity contribution in [3.8, 4) is 0 Å². The number of aliphatic hydroxyl groups is 1. The van der Waals surface area contributed by atoms with E-state index >= 15 is 0 Å². The van der Waals surface area contributed by atoms with Crippen LogP contribution in [0.4, 0.5) is 0 Å². The van der Waals surface area contributed by atoms with Crippen molar-refractivity contribution < 1.29 is 14.5 Å². The van der Waals surface area contributed by atoms with E-state index in [1.54, 1.807) is 0 Å². The van der Waals surface area contributed by atoms with Crippen LogP contribution < -0.4 is 4.57 Å². The lowest BCUT2D eigenvalue weighted by molar-refractivity contribution is -0.671. The zero-order chi connectivity index (χ0) is 8.97. The maximum atomic E-state index is 10.7. The van der Waals surface area contributed by atoms with Gasteiger partial charge in [-0.2, -0.15) is 0 Å². The highest BCUT2D eigenvalue weighted by Gasteiger charge is 2.03. The van der Waals surface area contributed by atoms with Gasteiger partial charge in [-0.05, 0) is 0 Å². The first-order valence-corrected chi connectivity index (χ1v) is 3.86. The van der Waals surface area contributed by atoms with Crippen molar-refractivity contribution >= 4 is 5.78 Å². The highest BCUT2D eigenvalue weighted by molar-refractivity contribution is 5.79. The van der Waals surface area contributed by atoms with Crippen LogP contribution in [0, 0.1) is 0 Å². The van der Waals surface area contributed by atoms with Gasteiger partial charge in [0.05, 0.1) is 13.6 Å². The number of aliphatic hydroxyl groups excluding tert-OH is 1. The monoisotopic (exact) mass is 169 g/mol. The number of hydrogen-bond donors (Lipinski definition) is 1. The molecule has 1 heterocycles. The topological polar surface area (TPSA) is 46.1 Å². The van der Waals surface area contributed by atoms with Crippen molar-refractivity contribution in [1.29, 1.82) is 0 Å². The Balaban J connectivity index is 2.38. The van der Waals surface area contributed by atoms with Gasteiger partial charge in [0.15, 0.2) is 5.78 Å². The highest BCUT2D eigenvalue weighted by Crippen LogP contribution is 1.89. The number of Topliss-reactive ketones (excluding diaryl/α,β-unsaturated/α-hetero) is 1. The van der Waals surface area contributed by atoms with E-state index in [4.69, 9.17) is 5.11 Å². The molecular formula is C8H13N2O2+. The second-order valence-electron chi connectivity index (χ2n) is 2.76. The normalized spacial score (nSPS) is 10.2. The fourth-order valence-electron chi connectivity index (χ4n) is 0.967. The molecular weight excluding hydrogens is 156 g/mol. The van der Waals surface area contributed by atoms with Crippen LogP contribution in [-0.2, 0) is 18.4 Å². The molecule has 1 N–H and O–H groups in total. The van der Waals surface area contributed by atoms with Gasteiger partial charge in [0.2, 0.25) is 6.33 Å². The van der Waals surface area contributed by atoms with Crippen LogP contribution >= 0.6 is 0 Å². The van der Waals surface area contributed by atoms with Gasteiger partial charge in [0.25, 0.3) is 0 Å². The molecule has 0 aromatic carbocycles. The Bertz CT molecular complexity index is 268. The van der Waals surface area contributed by atoms with Crippen molar-refractivity contribution in [2.75, 3.05) is 6.61 Å². The summed E-state index contributed by atoms with van der Waals surface area (Å²) in [6.07, 6.45) is 6.09. The van der Waals surface area contributed by atoms with Gasteiger partial charge in [-0.1, -0.05) is 0 Å². The van der Waals surface area contributed by atoms with Crippen molar-refractivity contribution in [3.63, 3.8) is 0 Å². The smallest absolute Gasteiger partial charge is 0.243 e. The molecule has 4 heteroatoms. The summed E-state index contributed by atoms with van der Waals surface area (Å²) in [6, 6.07) is 0. The number of nitrogens with zero attached hydrogens (tertiary/aromatic N) is 2. The number of hydrogen-bond acceptors (Lipinski definition) is 2. The number of rotatable bonds is 4. The van der Waals surface area contributed by atoms with E-state index in [-0.39, 0.29) is 12.4 Å². The van der Waals surface area contributed by atoms with Crippen molar-refractivity contribution in [3.05, 3.63) is 18.7 Å². The van der Waals surface area contributed by atoms with Crippen LogP contribution in [0.2, 0.25) is 0 Å². The molecule has 0 aliphatic carbocycles. The lowest BCUT2D eigenvalue weighted by Crippen LogP contribution is -2.24. The SMILES string of the molecule is C[n+]1ccn(CCC(=O)CO)c1. The summed E-state index contributed by atoms with van der Waals surface area (Å²) in [6.45, 7) is 0.285. The molecule has 1 aromatic rings. The van der Waals surface area contributed by atoms with Gasteiger partial charge in [-0.3, -0.25) is 4.79 Å². The zero-order valence-corrected chi connectivity index (χ0v) is 7.10. The molecule has 0 saturated carbocycles. The lowest BCUT2D eigenvalue weighted by Gasteiger charge is -1.93. The predicted octanol–water partition coefficient (Wildman–Crippen LogP) is -0.736. The Labute approximate surface area is 71.1 Å². The van der Waals surface area contributed by atoms with Crippen LogP contribution in [0.1, 0.15) is 6.42 Å². The number of aryl methyl sites for hydroxylation is 2. The van der Waals surface area contributed by atoms with Crippen LogP contribution in [0.15, 0.2) is 18.7 Å². The average Bonchev–Trinajstić information content (AvgIpc) is 2.47. The fourth-order valence-corrected chi connectivity index (χ4v) is 0.967. The summed E-state index contributed by atoms with van der Waals surface area (Å²) in [5, 5.41) is 8.45. The maximum absolute atomic E-state index is 10.7. The van der Waals surface area contributed by atoms with Gasteiger partial charge in [-0.15, -0.1) is 0 Å². The first kappa shape index (κ1) is 8.93. The molecule has 1 aromatic heterocycles. The molecule has 12 heavy (non-hydrogen) atoms. The second kappa shape index (κ2) is 4.01. The minimum absolute atomic E-state index is 0.119. The van der Waals surface area contributed by atoms with E-state index in [9.17, 15) is 4.79 Å². The molecule has 0 amide bonds. The van der Waals surface area contributed by atoms with Crippen LogP contribution in [0.3, 0.4) is 0 Å². The maximum Gasteiger partial charge on any atom is 0.243 e. The van der Waals surface area contributed by atoms with Crippen molar-refractivity contribution in [1.82, 2.24) is 4.57 Å². The van der Waals surface area contributed by atoms with Gasteiger partial charge in [-0.25, -0.2) is 9.13 Å². The molecule has 0 aliphatic rings. The Morgan fingerprint density at radius 1 is 1.67 bits per heavy atom. The van der Waals surface area contributed by atoms with Crippen LogP contribution in [-0.4, -0.2) is 22.1 Å². The second-order valence-corrected chi connectivity index (χ2v) is 2.76. The van der Waals surface area contributed by atoms with E-state index < -0.39 is 0 Å². The molecule has 0 saturated heterocycles. The molecule has 66 valence electrons. The van der Waals surface area contributed by atoms with Crippen molar-refractivity contribution in [2.45, 2.75) is 13.0 Å². The third-order valence-corrected chi connectivity index (χ3v) is 1.65. The van der Waals surface area contributed by atoms with E-state index in [0.29, 0.717) is 13.0 Å². The minimum Gasteiger partial charge on any atom is -0.389 e. The van der Waals surface area contributed by atoms with Crippen LogP contribution in [0.5, 0.6) is 0 Å². The summed E-state index contributed by atoms with van der Waals surface area (Å²) in [5.41, 5.74) is 0. The number of carbonyl (C=O) groups is 1. The molecule has 0 aliphatic heterocycles. The lowest BCUT2D eigenvalue weighted by atomic mass is 10.3. The number of imidazole rings is 1. The van der Waals surface area contributed by atoms with Gasteiger partial charge >= 0.3 is 0 Å². The standard InChI is InChI=1S/C8H13N2O2/c1-9-4-5-10(7-9)3-2-8(12)6-11/h4-5,7,11H,2-3,6H2,1H3/q+1. The summed E-state index contributed by atoms with van der Waals surface area (Å²) >= 11 is 0. The zero-order valence-electron chi connectivity index (χ0n) is 7.10. The first-order valence-electron chi connectivity index (χ1n) is 3.86. The average molecular weight is 169 g/mol. The Kier molecular flexibility index (Phi) is 2.99. The molecule has 0 spiro atoms. The third kappa shape index (κ3) is 2.47. The first-order chi connectivity index (χ1) is 5.72. The summed E-state index contributed by atoms with van der Waals surface area (Å²) in [5.74, 6) is -0.119. The molecule has 0 fully saturated rings. The molecule has 0 unspecified atom stereocenters. The Morgan fingerprint density at radius 3 is 2.92 bits per heavy atom. The third-order valence-electron chi connectivity index (χ3n) is 1.65. The van der Waals surface area contributed by atoms with Gasteiger partial charge in [0.1, 0.15) is 19.0 Å². The Morgan fingerprint density at radius 2 is 2.42 bits per heavy atom. The minimum atomic E-state index is -0.354. The summed E-state index contributed by atoms with van der Waals surface area (Å²) in [4.78, 5) is 10.7. The van der Waals surface area contributed by atoms with Gasteiger partial charge < -0.3 is 5.11 Å². The number of aromatic nitrogens is 2. The van der Waals surface area contributed by atoms with Crippen molar-refractivity contribution in [2.24, 2.45) is 7.05 Å². The summed E-state index contributed by atoms with van der Waals surface area (Å²) < 4.78 is 3.82. The van der Waals surface area contributed by atoms with E-state index in [2.05, 4.69) is 0 Å². The predicted molar refractivity (Wildman–Crippen MR) is 42.3 cm³/mol. The van der Waals surface area contributed by atoms with E-state index in [0.717, 1.165) is 0 Å². The number of ketones is 1. The molecule has 4 nitrogen and oxygen atoms in total. The fraction of sp³-hybridized carbons (Fsp3) is 0.500. The highest BCUT2D eigenvalue weighted by atomic mass is 16.3. The molecule has 0 radical (unpaired) electrons. The largest absolute Gasteiger partial charge is 0.389 e. The summed E-state index contributed by atoms with van der Waals surface area (Å²) in [7, 11) is 1.92. The van der Waals surface area contributed by atoms with Gasteiger partial charge in [0, 0.05) is 6.42 Å².